The van der Waals surface area contributed by atoms with Crippen molar-refractivity contribution in [1.29, 1.82) is 0 Å². The van der Waals surface area contributed by atoms with E-state index < -0.39 is 5.60 Å². The lowest BCUT2D eigenvalue weighted by atomic mass is 9.87. The average Bonchev–Trinajstić information content (AvgIpc) is 3.74. The van der Waals surface area contributed by atoms with Crippen molar-refractivity contribution in [3.05, 3.63) is 72.7 Å². The van der Waals surface area contributed by atoms with Crippen LogP contribution in [0, 0.1) is 0 Å². The number of amides is 1. The second-order valence-electron chi connectivity index (χ2n) is 9.78. The first-order chi connectivity index (χ1) is 18.9. The number of nitrogens with zero attached hydrogens (tertiary/aromatic N) is 7. The quantitative estimate of drug-likeness (QED) is 0.294. The monoisotopic (exact) mass is 523 g/mol. The Bertz CT molecular complexity index is 1640. The molecule has 4 N–H and O–H groups in total. The van der Waals surface area contributed by atoms with E-state index in [0.717, 1.165) is 48.0 Å². The first-order valence-corrected chi connectivity index (χ1v) is 13.0. The Balaban J connectivity index is 1.34. The number of likely N-dealkylation sites (tertiary alicyclic amines) is 1. The molecule has 0 aromatic carbocycles. The fourth-order valence-corrected chi connectivity index (χ4v) is 5.15. The summed E-state index contributed by atoms with van der Waals surface area (Å²) in [5.74, 6) is 0.144. The number of hydrogen-bond acceptors (Lipinski definition) is 8. The molecule has 1 fully saturated rings. The molecule has 1 atom stereocenters. The summed E-state index contributed by atoms with van der Waals surface area (Å²) in [6, 6.07) is 7.30. The van der Waals surface area contributed by atoms with Gasteiger partial charge >= 0.3 is 0 Å². The number of rotatable bonds is 7. The van der Waals surface area contributed by atoms with Gasteiger partial charge in [0.2, 0.25) is 11.9 Å². The maximum Gasteiger partial charge on any atom is 0.244 e. The van der Waals surface area contributed by atoms with Gasteiger partial charge in [-0.15, -0.1) is 0 Å². The molecular weight excluding hydrogens is 494 g/mol. The summed E-state index contributed by atoms with van der Waals surface area (Å²) in [5.41, 5.74) is 9.59. The number of aliphatic hydroxyl groups is 1. The van der Waals surface area contributed by atoms with Crippen LogP contribution < -0.4 is 5.73 Å². The molecular formula is C28H29N9O2. The van der Waals surface area contributed by atoms with Gasteiger partial charge in [-0.2, -0.15) is 5.10 Å². The van der Waals surface area contributed by atoms with E-state index in [1.807, 2.05) is 30.3 Å². The molecule has 39 heavy (non-hydrogen) atoms. The van der Waals surface area contributed by atoms with Crippen LogP contribution in [0.1, 0.15) is 37.4 Å². The highest BCUT2D eigenvalue weighted by Crippen LogP contribution is 2.35. The molecule has 0 aliphatic carbocycles. The third-order valence-electron chi connectivity index (χ3n) is 7.37. The maximum absolute atomic E-state index is 12.5. The van der Waals surface area contributed by atoms with Crippen molar-refractivity contribution in [1.82, 2.24) is 39.6 Å². The molecule has 1 aliphatic heterocycles. The van der Waals surface area contributed by atoms with E-state index in [2.05, 4.69) is 30.0 Å². The largest absolute Gasteiger partial charge is 0.379 e. The highest BCUT2D eigenvalue weighted by atomic mass is 16.3. The summed E-state index contributed by atoms with van der Waals surface area (Å²) >= 11 is 0. The third kappa shape index (κ3) is 4.61. The number of H-pyrrole nitrogens is 1. The Labute approximate surface area is 224 Å². The molecule has 0 spiro atoms. The van der Waals surface area contributed by atoms with Crippen LogP contribution in [0.2, 0.25) is 0 Å². The lowest BCUT2D eigenvalue weighted by molar-refractivity contribution is -0.130. The number of nitrogen functional groups attached to an aromatic ring is 1. The molecule has 11 nitrogen and oxygen atoms in total. The predicted octanol–water partition coefficient (Wildman–Crippen LogP) is 3.13. The van der Waals surface area contributed by atoms with Crippen LogP contribution in [-0.2, 0) is 16.9 Å². The van der Waals surface area contributed by atoms with Crippen LogP contribution >= 0.6 is 0 Å². The van der Waals surface area contributed by atoms with E-state index in [4.69, 9.17) is 5.73 Å². The first-order valence-electron chi connectivity index (χ1n) is 13.0. The zero-order valence-electron chi connectivity index (χ0n) is 21.6. The Morgan fingerprint density at radius 2 is 1.92 bits per heavy atom. The van der Waals surface area contributed by atoms with E-state index >= 15 is 0 Å². The van der Waals surface area contributed by atoms with Crippen molar-refractivity contribution in [3.8, 4) is 22.4 Å². The molecule has 0 saturated carbocycles. The number of hydrogen-bond donors (Lipinski definition) is 3. The van der Waals surface area contributed by atoms with Gasteiger partial charge in [-0.05, 0) is 49.1 Å². The smallest absolute Gasteiger partial charge is 0.244 e. The van der Waals surface area contributed by atoms with E-state index in [9.17, 15) is 9.90 Å². The molecule has 5 aromatic heterocycles. The van der Waals surface area contributed by atoms with Gasteiger partial charge < -0.3 is 20.7 Å². The molecule has 0 bridgehead atoms. The molecule has 11 heteroatoms. The summed E-state index contributed by atoms with van der Waals surface area (Å²) in [7, 11) is 0. The van der Waals surface area contributed by atoms with Gasteiger partial charge in [-0.25, -0.2) is 15.0 Å². The topological polar surface area (TPSA) is 152 Å². The van der Waals surface area contributed by atoms with Gasteiger partial charge in [0.15, 0.2) is 0 Å². The Morgan fingerprint density at radius 3 is 2.69 bits per heavy atom. The first kappa shape index (κ1) is 24.7. The summed E-state index contributed by atoms with van der Waals surface area (Å²) in [5, 5.41) is 16.9. The standard InChI is InChI=1S/C28H29N9O2/c1-2-28(39,20-5-7-30-8-6-20)24-12-23(34-27(29)35-24)22-15-32-26-21(22)11-18(13-31-26)19-14-33-37(16-19)17-25(38)36-9-3-4-10-36/h5-8,11-16,39H,2-4,9-10,17H2,1H3,(H,31,32)(H2,29,34,35). The number of nitrogens with one attached hydrogen (secondary N) is 1. The lowest BCUT2D eigenvalue weighted by Gasteiger charge is -2.27. The maximum atomic E-state index is 12.5. The van der Waals surface area contributed by atoms with Gasteiger partial charge in [0.25, 0.3) is 0 Å². The summed E-state index contributed by atoms with van der Waals surface area (Å²) in [6.45, 7) is 3.74. The highest BCUT2D eigenvalue weighted by Gasteiger charge is 2.32. The average molecular weight is 524 g/mol. The summed E-state index contributed by atoms with van der Waals surface area (Å²) in [4.78, 5) is 35.2. The number of pyridine rings is 2. The van der Waals surface area contributed by atoms with Crippen LogP contribution in [0.4, 0.5) is 5.95 Å². The van der Waals surface area contributed by atoms with Crippen molar-refractivity contribution < 1.29 is 9.90 Å². The minimum atomic E-state index is -1.36. The van der Waals surface area contributed by atoms with Crippen LogP contribution in [0.25, 0.3) is 33.4 Å². The van der Waals surface area contributed by atoms with Crippen molar-refractivity contribution in [2.24, 2.45) is 0 Å². The molecule has 1 saturated heterocycles. The Morgan fingerprint density at radius 1 is 1.13 bits per heavy atom. The number of fused-ring (bicyclic) bond motifs is 1. The summed E-state index contributed by atoms with van der Waals surface area (Å²) in [6.07, 6.45) is 13.0. The Kier molecular flexibility index (Phi) is 6.27. The number of anilines is 1. The zero-order chi connectivity index (χ0) is 27.0. The Hall–Kier alpha value is -4.64. The van der Waals surface area contributed by atoms with Gasteiger partial charge in [-0.3, -0.25) is 14.5 Å². The van der Waals surface area contributed by atoms with Crippen molar-refractivity contribution in [2.45, 2.75) is 38.3 Å². The molecule has 6 heterocycles. The third-order valence-corrected chi connectivity index (χ3v) is 7.37. The number of nitrogens with two attached hydrogens (primary N) is 1. The predicted molar refractivity (Wildman–Crippen MR) is 146 cm³/mol. The molecule has 6 rings (SSSR count). The van der Waals surface area contributed by atoms with Gasteiger partial charge in [-0.1, -0.05) is 6.92 Å². The number of aromatic amines is 1. The normalized spacial score (nSPS) is 15.1. The van der Waals surface area contributed by atoms with Gasteiger partial charge in [0.1, 0.15) is 17.8 Å². The van der Waals surface area contributed by atoms with Crippen molar-refractivity contribution in [2.75, 3.05) is 18.8 Å². The van der Waals surface area contributed by atoms with Crippen molar-refractivity contribution in [3.63, 3.8) is 0 Å². The number of aromatic nitrogens is 7. The lowest BCUT2D eigenvalue weighted by Crippen LogP contribution is -2.31. The fourth-order valence-electron chi connectivity index (χ4n) is 5.15. The van der Waals surface area contributed by atoms with Crippen LogP contribution in [0.15, 0.2) is 61.4 Å². The molecule has 1 aliphatic rings. The number of carbonyl (C=O) groups excluding carboxylic acids is 1. The fraction of sp³-hybridized carbons (Fsp3) is 0.286. The summed E-state index contributed by atoms with van der Waals surface area (Å²) < 4.78 is 1.67. The van der Waals surface area contributed by atoms with Crippen LogP contribution in [0.3, 0.4) is 0 Å². The molecule has 1 amide bonds. The second-order valence-corrected chi connectivity index (χ2v) is 9.78. The molecule has 198 valence electrons. The van der Waals surface area contributed by atoms with Gasteiger partial charge in [0.05, 0.1) is 17.6 Å². The van der Waals surface area contributed by atoms with E-state index in [0.29, 0.717) is 29.0 Å². The van der Waals surface area contributed by atoms with Crippen LogP contribution in [0.5, 0.6) is 0 Å². The van der Waals surface area contributed by atoms with Gasteiger partial charge in [0, 0.05) is 66.2 Å². The minimum absolute atomic E-state index is 0.0610. The molecule has 1 unspecified atom stereocenters. The SMILES string of the molecule is CCC(O)(c1ccncc1)c1cc(-c2c[nH]c3ncc(-c4cnn(CC(=O)N5CCCC5)c4)cc23)nc(N)n1. The van der Waals surface area contributed by atoms with E-state index in [-0.39, 0.29) is 18.4 Å². The second kappa shape index (κ2) is 9.91. The minimum Gasteiger partial charge on any atom is -0.379 e. The highest BCUT2D eigenvalue weighted by molar-refractivity contribution is 5.95. The van der Waals surface area contributed by atoms with Crippen molar-refractivity contribution >= 4 is 22.9 Å². The number of carbonyl (C=O) groups is 1. The van der Waals surface area contributed by atoms with Crippen LogP contribution in [-0.4, -0.2) is 63.7 Å². The zero-order valence-corrected chi connectivity index (χ0v) is 21.6. The van der Waals surface area contributed by atoms with E-state index in [1.54, 1.807) is 47.7 Å². The van der Waals surface area contributed by atoms with E-state index in [1.165, 1.54) is 0 Å². The molecule has 0 radical (unpaired) electrons. The molecule has 5 aromatic rings.